The first-order valence-electron chi connectivity index (χ1n) is 4.26. The molecular weight excluding hydrogens is 178 g/mol. The van der Waals surface area contributed by atoms with E-state index in [-0.39, 0.29) is 0 Å². The standard InChI is InChI=1S/C9H7N5/c1-6-4-7-2-3-10-8-11-5-12-9(13-6)14(7)8/h2-5H,1H3. The number of rotatable bonds is 0. The molecule has 5 heteroatoms. The Morgan fingerprint density at radius 1 is 1.21 bits per heavy atom. The Balaban J connectivity index is 2.23. The molecule has 0 atom stereocenters. The Bertz CT molecular complexity index is 473. The maximum Gasteiger partial charge on any atom is 0.238 e. The largest absolute Gasteiger partial charge is 0.246 e. The van der Waals surface area contributed by atoms with Crippen molar-refractivity contribution in [3.8, 4) is 0 Å². The minimum absolute atomic E-state index is 0.625. The molecule has 3 aliphatic heterocycles. The van der Waals surface area contributed by atoms with E-state index in [1.165, 1.54) is 6.34 Å². The van der Waals surface area contributed by atoms with Gasteiger partial charge >= 0.3 is 0 Å². The third-order valence-electron chi connectivity index (χ3n) is 2.07. The second-order valence-corrected chi connectivity index (χ2v) is 3.08. The predicted molar refractivity (Wildman–Crippen MR) is 55.5 cm³/mol. The molecule has 0 amide bonds. The van der Waals surface area contributed by atoms with Gasteiger partial charge in [0.2, 0.25) is 11.9 Å². The summed E-state index contributed by atoms with van der Waals surface area (Å²) in [4.78, 5) is 18.4. The van der Waals surface area contributed by atoms with E-state index in [9.17, 15) is 0 Å². The lowest BCUT2D eigenvalue weighted by atomic mass is 10.2. The molecule has 3 rings (SSSR count). The highest BCUT2D eigenvalue weighted by Crippen LogP contribution is 2.20. The SMILES string of the molecule is CC1=NC2=NC=NC3=NC=CC(=C1)N32. The summed E-state index contributed by atoms with van der Waals surface area (Å²) in [5.74, 6) is 1.26. The van der Waals surface area contributed by atoms with Crippen LogP contribution in [0.4, 0.5) is 0 Å². The molecule has 0 N–H and O–H groups in total. The highest BCUT2D eigenvalue weighted by Gasteiger charge is 2.26. The zero-order valence-electron chi connectivity index (χ0n) is 7.55. The molecule has 0 bridgehead atoms. The number of hydrogen-bond acceptors (Lipinski definition) is 5. The van der Waals surface area contributed by atoms with Crippen LogP contribution in [0.5, 0.6) is 0 Å². The van der Waals surface area contributed by atoms with Crippen molar-refractivity contribution in [3.05, 3.63) is 24.0 Å². The third-order valence-corrected chi connectivity index (χ3v) is 2.07. The van der Waals surface area contributed by atoms with Crippen molar-refractivity contribution < 1.29 is 0 Å². The van der Waals surface area contributed by atoms with Gasteiger partial charge in [0.25, 0.3) is 0 Å². The zero-order valence-corrected chi connectivity index (χ0v) is 7.55. The van der Waals surface area contributed by atoms with Crippen molar-refractivity contribution in [2.24, 2.45) is 20.0 Å². The van der Waals surface area contributed by atoms with Crippen LogP contribution in [0.25, 0.3) is 0 Å². The first-order chi connectivity index (χ1) is 6.84. The summed E-state index contributed by atoms with van der Waals surface area (Å²) in [6.07, 6.45) is 7.10. The van der Waals surface area contributed by atoms with Crippen LogP contribution in [-0.2, 0) is 0 Å². The lowest BCUT2D eigenvalue weighted by molar-refractivity contribution is 0.735. The summed E-state index contributed by atoms with van der Waals surface area (Å²) in [6, 6.07) is 0. The second kappa shape index (κ2) is 2.47. The first kappa shape index (κ1) is 7.37. The maximum absolute atomic E-state index is 4.30. The van der Waals surface area contributed by atoms with Crippen LogP contribution in [0, 0.1) is 0 Å². The Morgan fingerprint density at radius 3 is 3.07 bits per heavy atom. The summed E-state index contributed by atoms with van der Waals surface area (Å²) in [5, 5.41) is 0. The molecule has 0 spiro atoms. The fourth-order valence-electron chi connectivity index (χ4n) is 1.51. The van der Waals surface area contributed by atoms with E-state index in [1.54, 1.807) is 6.20 Å². The van der Waals surface area contributed by atoms with Crippen LogP contribution in [0.2, 0.25) is 0 Å². The van der Waals surface area contributed by atoms with Crippen molar-refractivity contribution >= 4 is 24.0 Å². The van der Waals surface area contributed by atoms with Gasteiger partial charge in [-0.2, -0.15) is 0 Å². The van der Waals surface area contributed by atoms with Gasteiger partial charge in [0.1, 0.15) is 6.34 Å². The summed E-state index contributed by atoms with van der Waals surface area (Å²) in [6.45, 7) is 1.94. The predicted octanol–water partition coefficient (Wildman–Crippen LogP) is 0.928. The monoisotopic (exact) mass is 185 g/mol. The van der Waals surface area contributed by atoms with Gasteiger partial charge in [0.05, 0.1) is 5.70 Å². The minimum atomic E-state index is 0.625. The molecule has 3 heterocycles. The van der Waals surface area contributed by atoms with Crippen LogP contribution in [0.3, 0.4) is 0 Å². The molecule has 14 heavy (non-hydrogen) atoms. The molecule has 0 saturated heterocycles. The molecule has 0 aliphatic carbocycles. The van der Waals surface area contributed by atoms with Crippen molar-refractivity contribution in [2.45, 2.75) is 6.92 Å². The Morgan fingerprint density at radius 2 is 2.14 bits per heavy atom. The maximum atomic E-state index is 4.30. The third kappa shape index (κ3) is 0.891. The fraction of sp³-hybridized carbons (Fsp3) is 0.111. The number of guanidine groups is 2. The number of allylic oxidation sites excluding steroid dienone is 2. The van der Waals surface area contributed by atoms with Gasteiger partial charge in [-0.1, -0.05) is 0 Å². The minimum Gasteiger partial charge on any atom is -0.246 e. The van der Waals surface area contributed by atoms with Gasteiger partial charge in [0.15, 0.2) is 0 Å². The van der Waals surface area contributed by atoms with Gasteiger partial charge in [-0.3, -0.25) is 0 Å². The molecule has 0 radical (unpaired) electrons. The highest BCUT2D eigenvalue weighted by molar-refractivity contribution is 6.16. The molecule has 0 aromatic rings. The summed E-state index contributed by atoms with van der Waals surface area (Å²) < 4.78 is 0. The molecular formula is C9H7N5. The van der Waals surface area contributed by atoms with Gasteiger partial charge in [-0.05, 0) is 19.1 Å². The van der Waals surface area contributed by atoms with Crippen molar-refractivity contribution in [1.82, 2.24) is 4.90 Å². The van der Waals surface area contributed by atoms with Crippen molar-refractivity contribution in [2.75, 3.05) is 0 Å². The second-order valence-electron chi connectivity index (χ2n) is 3.08. The van der Waals surface area contributed by atoms with E-state index >= 15 is 0 Å². The van der Waals surface area contributed by atoms with Crippen LogP contribution < -0.4 is 0 Å². The topological polar surface area (TPSA) is 52.7 Å². The van der Waals surface area contributed by atoms with E-state index in [0.29, 0.717) is 11.9 Å². The average molecular weight is 185 g/mol. The van der Waals surface area contributed by atoms with Crippen LogP contribution >= 0.6 is 0 Å². The lowest BCUT2D eigenvalue weighted by Crippen LogP contribution is -2.39. The van der Waals surface area contributed by atoms with Gasteiger partial charge in [-0.25, -0.2) is 24.9 Å². The average Bonchev–Trinajstić information content (AvgIpc) is 2.18. The van der Waals surface area contributed by atoms with Crippen LogP contribution in [0.15, 0.2) is 44.0 Å². The van der Waals surface area contributed by atoms with Crippen molar-refractivity contribution in [1.29, 1.82) is 0 Å². The smallest absolute Gasteiger partial charge is 0.238 e. The van der Waals surface area contributed by atoms with Gasteiger partial charge in [0, 0.05) is 11.9 Å². The van der Waals surface area contributed by atoms with Crippen LogP contribution in [-0.4, -0.2) is 28.9 Å². The molecule has 0 fully saturated rings. The van der Waals surface area contributed by atoms with E-state index < -0.39 is 0 Å². The highest BCUT2D eigenvalue weighted by atomic mass is 15.4. The first-order valence-corrected chi connectivity index (χ1v) is 4.26. The summed E-state index contributed by atoms with van der Waals surface area (Å²) in [5.41, 5.74) is 1.95. The molecule has 3 aliphatic rings. The molecule has 5 nitrogen and oxygen atoms in total. The van der Waals surface area contributed by atoms with E-state index in [4.69, 9.17) is 0 Å². The Kier molecular flexibility index (Phi) is 1.30. The van der Waals surface area contributed by atoms with E-state index in [2.05, 4.69) is 20.0 Å². The van der Waals surface area contributed by atoms with E-state index in [1.807, 2.05) is 24.0 Å². The molecule has 0 unspecified atom stereocenters. The normalized spacial score (nSPS) is 22.2. The number of nitrogens with zero attached hydrogens (tertiary/aromatic N) is 5. The quantitative estimate of drug-likeness (QED) is 0.553. The molecule has 68 valence electrons. The van der Waals surface area contributed by atoms with E-state index in [0.717, 1.165) is 11.4 Å². The number of aliphatic imine (C=N–C) groups is 4. The van der Waals surface area contributed by atoms with Crippen LogP contribution in [0.1, 0.15) is 6.92 Å². The number of hydrogen-bond donors (Lipinski definition) is 0. The lowest BCUT2D eigenvalue weighted by Gasteiger charge is -2.29. The summed E-state index contributed by atoms with van der Waals surface area (Å²) in [7, 11) is 0. The van der Waals surface area contributed by atoms with Crippen molar-refractivity contribution in [3.63, 3.8) is 0 Å². The fourth-order valence-corrected chi connectivity index (χ4v) is 1.51. The Labute approximate surface area is 80.6 Å². The Hall–Kier alpha value is -2.04. The molecule has 0 aromatic heterocycles. The van der Waals surface area contributed by atoms with Gasteiger partial charge in [-0.15, -0.1) is 0 Å². The molecule has 0 aromatic carbocycles. The zero-order chi connectivity index (χ0) is 9.54. The molecule has 0 saturated carbocycles. The summed E-state index contributed by atoms with van der Waals surface area (Å²) >= 11 is 0. The van der Waals surface area contributed by atoms with Gasteiger partial charge < -0.3 is 0 Å².